The van der Waals surface area contributed by atoms with Crippen molar-refractivity contribution in [1.82, 2.24) is 14.4 Å². The molecule has 1 atom stereocenters. The van der Waals surface area contributed by atoms with E-state index in [-0.39, 0.29) is 16.7 Å². The fourth-order valence-electron chi connectivity index (χ4n) is 3.91. The molecule has 0 aliphatic carbocycles. The number of para-hydroxylation sites is 1. The van der Waals surface area contributed by atoms with Crippen molar-refractivity contribution in [3.63, 3.8) is 0 Å². The van der Waals surface area contributed by atoms with Gasteiger partial charge in [0.25, 0.3) is 10.0 Å². The number of sulfonamides is 1. The summed E-state index contributed by atoms with van der Waals surface area (Å²) in [4.78, 5) is 17.2. The van der Waals surface area contributed by atoms with Crippen molar-refractivity contribution < 1.29 is 17.7 Å². The summed E-state index contributed by atoms with van der Waals surface area (Å²) < 4.78 is 33.1. The molecule has 1 aromatic carbocycles. The molecule has 1 saturated heterocycles. The zero-order valence-electron chi connectivity index (χ0n) is 18.3. The van der Waals surface area contributed by atoms with Gasteiger partial charge in [0.1, 0.15) is 4.21 Å². The molecule has 3 heterocycles. The first-order chi connectivity index (χ1) is 15.3. The number of piperidine rings is 1. The van der Waals surface area contributed by atoms with Gasteiger partial charge in [0, 0.05) is 36.6 Å². The molecule has 1 fully saturated rings. The van der Waals surface area contributed by atoms with E-state index in [1.165, 1.54) is 4.31 Å². The topological polar surface area (TPSA) is 105 Å². The fourth-order valence-corrected chi connectivity index (χ4v) is 6.75. The number of aryl methyl sites for hydroxylation is 3. The number of carbonyl (C=O) groups excluding carboxylic acids is 1. The van der Waals surface area contributed by atoms with Crippen LogP contribution in [0, 0.1) is 19.8 Å². The quantitative estimate of drug-likeness (QED) is 0.579. The zero-order chi connectivity index (χ0) is 22.9. The number of benzene rings is 1. The number of aromatic nitrogens is 2. The molecular weight excluding hydrogens is 448 g/mol. The number of carbonyl (C=O) groups is 1. The van der Waals surface area contributed by atoms with Crippen molar-refractivity contribution in [2.24, 2.45) is 5.92 Å². The van der Waals surface area contributed by atoms with E-state index in [0.717, 1.165) is 34.6 Å². The Morgan fingerprint density at radius 2 is 2.16 bits per heavy atom. The van der Waals surface area contributed by atoms with Crippen LogP contribution in [0.3, 0.4) is 0 Å². The molecule has 1 amide bonds. The van der Waals surface area contributed by atoms with E-state index < -0.39 is 15.9 Å². The van der Waals surface area contributed by atoms with Gasteiger partial charge in [-0.25, -0.2) is 8.42 Å². The summed E-state index contributed by atoms with van der Waals surface area (Å²) in [6.45, 7) is 6.25. The van der Waals surface area contributed by atoms with Gasteiger partial charge in [0.05, 0.1) is 5.92 Å². The Balaban J connectivity index is 1.50. The molecule has 1 aliphatic heterocycles. The van der Waals surface area contributed by atoms with Crippen LogP contribution in [0.1, 0.15) is 36.8 Å². The highest BCUT2D eigenvalue weighted by molar-refractivity contribution is 7.91. The largest absolute Gasteiger partial charge is 0.339 e. The van der Waals surface area contributed by atoms with Gasteiger partial charge in [-0.15, -0.1) is 11.3 Å². The van der Waals surface area contributed by atoms with E-state index in [2.05, 4.69) is 15.5 Å². The molecule has 3 aromatic rings. The summed E-state index contributed by atoms with van der Waals surface area (Å²) in [7, 11) is -3.72. The van der Waals surface area contributed by atoms with Crippen molar-refractivity contribution in [2.75, 3.05) is 18.4 Å². The van der Waals surface area contributed by atoms with E-state index in [1.54, 1.807) is 18.4 Å². The molecule has 0 spiro atoms. The van der Waals surface area contributed by atoms with Crippen molar-refractivity contribution in [3.05, 3.63) is 46.7 Å². The van der Waals surface area contributed by atoms with Crippen molar-refractivity contribution in [2.45, 2.75) is 44.2 Å². The summed E-state index contributed by atoms with van der Waals surface area (Å²) in [6.07, 6.45) is 2.10. The lowest BCUT2D eigenvalue weighted by molar-refractivity contribution is -0.120. The van der Waals surface area contributed by atoms with Gasteiger partial charge in [-0.05, 0) is 43.4 Å². The van der Waals surface area contributed by atoms with Crippen LogP contribution in [0.4, 0.5) is 5.69 Å². The second-order valence-electron chi connectivity index (χ2n) is 7.95. The Bertz CT molecular complexity index is 1230. The first-order valence-electron chi connectivity index (χ1n) is 10.6. The molecule has 4 rings (SSSR count). The molecule has 1 N–H and O–H groups in total. The standard InChI is InChI=1S/C22H26N4O4S2/c1-4-16-8-5-7-14(2)20(16)24-22(27)17-9-6-10-26(12-17)32(28,29)19-11-18(13-31-19)21-23-15(3)30-25-21/h5,7-8,11,13,17H,4,6,9-10,12H2,1-3H3,(H,24,27). The van der Waals surface area contributed by atoms with Gasteiger partial charge in [0.15, 0.2) is 0 Å². The Hall–Kier alpha value is -2.56. The Morgan fingerprint density at radius 3 is 2.88 bits per heavy atom. The minimum atomic E-state index is -3.72. The summed E-state index contributed by atoms with van der Waals surface area (Å²) in [5, 5.41) is 8.61. The van der Waals surface area contributed by atoms with Crippen LogP contribution in [0.5, 0.6) is 0 Å². The number of nitrogens with one attached hydrogen (secondary N) is 1. The third-order valence-electron chi connectivity index (χ3n) is 5.70. The highest BCUT2D eigenvalue weighted by atomic mass is 32.2. The average molecular weight is 475 g/mol. The normalized spacial score (nSPS) is 17.4. The van der Waals surface area contributed by atoms with Crippen LogP contribution in [0.15, 0.2) is 38.4 Å². The van der Waals surface area contributed by atoms with Gasteiger partial charge in [0.2, 0.25) is 17.6 Å². The van der Waals surface area contributed by atoms with Gasteiger partial charge < -0.3 is 9.84 Å². The molecule has 0 saturated carbocycles. The molecule has 170 valence electrons. The van der Waals surface area contributed by atoms with Gasteiger partial charge >= 0.3 is 0 Å². The highest BCUT2D eigenvalue weighted by Crippen LogP contribution is 2.32. The average Bonchev–Trinajstić information content (AvgIpc) is 3.44. The van der Waals surface area contributed by atoms with Gasteiger partial charge in [-0.1, -0.05) is 30.3 Å². The number of hydrogen-bond donors (Lipinski definition) is 1. The molecule has 1 aliphatic rings. The summed E-state index contributed by atoms with van der Waals surface area (Å²) >= 11 is 1.12. The number of amides is 1. The molecule has 8 nitrogen and oxygen atoms in total. The Morgan fingerprint density at radius 1 is 1.34 bits per heavy atom. The lowest BCUT2D eigenvalue weighted by atomic mass is 9.98. The van der Waals surface area contributed by atoms with Crippen LogP contribution in [-0.2, 0) is 21.2 Å². The highest BCUT2D eigenvalue weighted by Gasteiger charge is 2.34. The Labute approximate surface area is 191 Å². The first-order valence-corrected chi connectivity index (χ1v) is 12.9. The fraction of sp³-hybridized carbons (Fsp3) is 0.409. The molecule has 10 heteroatoms. The second-order valence-corrected chi connectivity index (χ2v) is 11.0. The SMILES string of the molecule is CCc1cccc(C)c1NC(=O)C1CCCN(S(=O)(=O)c2cc(-c3noc(C)n3)cs2)C1. The molecule has 0 radical (unpaired) electrons. The van der Waals surface area contributed by atoms with E-state index >= 15 is 0 Å². The molecule has 1 unspecified atom stereocenters. The number of thiophene rings is 1. The van der Waals surface area contributed by atoms with Crippen LogP contribution in [-0.4, -0.2) is 41.9 Å². The summed E-state index contributed by atoms with van der Waals surface area (Å²) in [5.41, 5.74) is 3.50. The Kier molecular flexibility index (Phi) is 6.45. The zero-order valence-corrected chi connectivity index (χ0v) is 19.9. The smallest absolute Gasteiger partial charge is 0.252 e. The van der Waals surface area contributed by atoms with Crippen LogP contribution in [0.25, 0.3) is 11.4 Å². The summed E-state index contributed by atoms with van der Waals surface area (Å²) in [6, 6.07) is 7.50. The summed E-state index contributed by atoms with van der Waals surface area (Å²) in [5.74, 6) is 0.242. The molecule has 0 bridgehead atoms. The third kappa shape index (κ3) is 4.48. The number of rotatable bonds is 6. The lowest BCUT2D eigenvalue weighted by Gasteiger charge is -2.31. The number of nitrogens with zero attached hydrogens (tertiary/aromatic N) is 3. The van der Waals surface area contributed by atoms with Crippen LogP contribution < -0.4 is 5.32 Å². The van der Waals surface area contributed by atoms with E-state index in [0.29, 0.717) is 36.7 Å². The predicted octanol–water partition coefficient (Wildman–Crippen LogP) is 4.02. The lowest BCUT2D eigenvalue weighted by Crippen LogP contribution is -2.43. The molecule has 2 aromatic heterocycles. The van der Waals surface area contributed by atoms with Crippen molar-refractivity contribution in [1.29, 1.82) is 0 Å². The molecule has 32 heavy (non-hydrogen) atoms. The maximum absolute atomic E-state index is 13.3. The predicted molar refractivity (Wildman–Crippen MR) is 123 cm³/mol. The second kappa shape index (κ2) is 9.13. The van der Waals surface area contributed by atoms with E-state index in [4.69, 9.17) is 4.52 Å². The monoisotopic (exact) mass is 474 g/mol. The van der Waals surface area contributed by atoms with Crippen LogP contribution >= 0.6 is 11.3 Å². The first kappa shape index (κ1) is 22.6. The van der Waals surface area contributed by atoms with Crippen molar-refractivity contribution >= 4 is 33.0 Å². The van der Waals surface area contributed by atoms with E-state index in [1.807, 2.05) is 32.0 Å². The van der Waals surface area contributed by atoms with Crippen molar-refractivity contribution in [3.8, 4) is 11.4 Å². The minimum absolute atomic E-state index is 0.136. The van der Waals surface area contributed by atoms with Gasteiger partial charge in [-0.2, -0.15) is 9.29 Å². The minimum Gasteiger partial charge on any atom is -0.339 e. The number of hydrogen-bond acceptors (Lipinski definition) is 7. The van der Waals surface area contributed by atoms with Gasteiger partial charge in [-0.3, -0.25) is 4.79 Å². The number of anilines is 1. The maximum atomic E-state index is 13.3. The third-order valence-corrected chi connectivity index (χ3v) is 8.98. The molecular formula is C22H26N4O4S2. The van der Waals surface area contributed by atoms with Crippen LogP contribution in [0.2, 0.25) is 0 Å². The maximum Gasteiger partial charge on any atom is 0.252 e. The van der Waals surface area contributed by atoms with E-state index in [9.17, 15) is 13.2 Å².